The number of nitrogens with zero attached hydrogens (tertiary/aromatic N) is 2. The molecule has 0 saturated heterocycles. The number of anilines is 1. The molecule has 3 rings (SSSR count). The average Bonchev–Trinajstić information content (AvgIpc) is 2.98. The Morgan fingerprint density at radius 1 is 1.16 bits per heavy atom. The molecule has 0 spiro atoms. The summed E-state index contributed by atoms with van der Waals surface area (Å²) in [5.74, 6) is 1.70. The van der Waals surface area contributed by atoms with Gasteiger partial charge in [-0.1, -0.05) is 30.3 Å². The Morgan fingerprint density at radius 2 is 1.88 bits per heavy atom. The third kappa shape index (κ3) is 4.17. The lowest BCUT2D eigenvalue weighted by atomic mass is 10.1. The fraction of sp³-hybridized carbons (Fsp3) is 0.158. The van der Waals surface area contributed by atoms with Crippen molar-refractivity contribution in [1.82, 2.24) is 4.98 Å². The van der Waals surface area contributed by atoms with E-state index >= 15 is 0 Å². The van der Waals surface area contributed by atoms with E-state index in [1.54, 1.807) is 0 Å². The van der Waals surface area contributed by atoms with Crippen LogP contribution in [0.25, 0.3) is 11.3 Å². The van der Waals surface area contributed by atoms with Crippen LogP contribution < -0.4 is 15.8 Å². The molecule has 0 atom stereocenters. The number of guanidine groups is 1. The number of aromatic nitrogens is 1. The van der Waals surface area contributed by atoms with Gasteiger partial charge in [-0.2, -0.15) is 9.98 Å². The number of hydrogen-bond donors (Lipinski definition) is 2. The predicted molar refractivity (Wildman–Crippen MR) is 99.2 cm³/mol. The second-order valence-corrected chi connectivity index (χ2v) is 5.35. The van der Waals surface area contributed by atoms with Gasteiger partial charge in [-0.15, -0.1) is 0 Å². The maximum Gasteiger partial charge on any atom is 0.325 e. The van der Waals surface area contributed by atoms with Gasteiger partial charge < -0.3 is 20.2 Å². The van der Waals surface area contributed by atoms with Crippen molar-refractivity contribution >= 4 is 17.7 Å². The maximum atomic E-state index is 5.94. The van der Waals surface area contributed by atoms with Crippen molar-refractivity contribution < 1.29 is 9.15 Å². The molecule has 0 fully saturated rings. The van der Waals surface area contributed by atoms with Crippen molar-refractivity contribution in [3.63, 3.8) is 0 Å². The molecule has 1 aromatic heterocycles. The SMILES string of the molecule is CCOc1ccc(N/C(N)=N/c2nc(-c3ccccc3)c(C)o2)cc1. The molecule has 3 aromatic rings. The highest BCUT2D eigenvalue weighted by atomic mass is 16.5. The van der Waals surface area contributed by atoms with Crippen LogP contribution in [0.1, 0.15) is 12.7 Å². The molecule has 0 unspecified atom stereocenters. The number of ether oxygens (including phenoxy) is 1. The van der Waals surface area contributed by atoms with Gasteiger partial charge in [-0.25, -0.2) is 0 Å². The number of nitrogens with two attached hydrogens (primary N) is 1. The van der Waals surface area contributed by atoms with Gasteiger partial charge in [0.25, 0.3) is 0 Å². The van der Waals surface area contributed by atoms with Crippen molar-refractivity contribution in [3.05, 3.63) is 60.4 Å². The van der Waals surface area contributed by atoms with Crippen LogP contribution in [0.15, 0.2) is 64.0 Å². The van der Waals surface area contributed by atoms with Crippen molar-refractivity contribution in [2.24, 2.45) is 10.7 Å². The number of benzene rings is 2. The van der Waals surface area contributed by atoms with E-state index in [-0.39, 0.29) is 12.0 Å². The van der Waals surface area contributed by atoms with Gasteiger partial charge in [-0.3, -0.25) is 0 Å². The summed E-state index contributed by atoms with van der Waals surface area (Å²) in [5, 5.41) is 3.00. The van der Waals surface area contributed by atoms with E-state index in [4.69, 9.17) is 14.9 Å². The summed E-state index contributed by atoms with van der Waals surface area (Å²) in [6, 6.07) is 17.5. The minimum Gasteiger partial charge on any atom is -0.494 e. The summed E-state index contributed by atoms with van der Waals surface area (Å²) < 4.78 is 11.0. The molecule has 0 bridgehead atoms. The topological polar surface area (TPSA) is 85.7 Å². The zero-order valence-electron chi connectivity index (χ0n) is 14.2. The van der Waals surface area contributed by atoms with Gasteiger partial charge in [0.15, 0.2) is 0 Å². The van der Waals surface area contributed by atoms with Crippen LogP contribution in [-0.2, 0) is 0 Å². The molecule has 128 valence electrons. The second-order valence-electron chi connectivity index (χ2n) is 5.35. The Hall–Kier alpha value is -3.28. The Bertz CT molecular complexity index is 855. The number of oxazole rings is 1. The molecule has 0 aliphatic heterocycles. The molecule has 0 radical (unpaired) electrons. The predicted octanol–water partition coefficient (Wildman–Crippen LogP) is 4.11. The molecule has 6 heteroatoms. The summed E-state index contributed by atoms with van der Waals surface area (Å²) in [6.07, 6.45) is 0. The van der Waals surface area contributed by atoms with Crippen molar-refractivity contribution in [2.45, 2.75) is 13.8 Å². The highest BCUT2D eigenvalue weighted by Gasteiger charge is 2.11. The number of hydrogen-bond acceptors (Lipinski definition) is 4. The summed E-state index contributed by atoms with van der Waals surface area (Å²) in [6.45, 7) is 4.42. The minimum atomic E-state index is 0.199. The highest BCUT2D eigenvalue weighted by Crippen LogP contribution is 2.26. The lowest BCUT2D eigenvalue weighted by Gasteiger charge is -2.06. The van der Waals surface area contributed by atoms with Crippen molar-refractivity contribution in [3.8, 4) is 17.0 Å². The Kier molecular flexibility index (Phi) is 4.99. The van der Waals surface area contributed by atoms with E-state index in [0.717, 1.165) is 22.7 Å². The first-order valence-electron chi connectivity index (χ1n) is 8.02. The Labute approximate surface area is 146 Å². The summed E-state index contributed by atoms with van der Waals surface area (Å²) in [7, 11) is 0. The summed E-state index contributed by atoms with van der Waals surface area (Å²) in [5.41, 5.74) is 8.48. The molecular formula is C19H20N4O2. The van der Waals surface area contributed by atoms with Crippen LogP contribution in [0, 0.1) is 6.92 Å². The third-order valence-corrected chi connectivity index (χ3v) is 3.49. The fourth-order valence-corrected chi connectivity index (χ4v) is 2.37. The lowest BCUT2D eigenvalue weighted by Crippen LogP contribution is -2.21. The standard InChI is InChI=1S/C19H20N4O2/c1-3-24-16-11-9-15(10-12-16)21-18(20)23-19-22-17(13(2)25-19)14-7-5-4-6-8-14/h4-12H,3H2,1-2H3,(H3,20,21,22,23). The van der Waals surface area contributed by atoms with Crippen LogP contribution >= 0.6 is 0 Å². The van der Waals surface area contributed by atoms with Gasteiger partial charge in [0, 0.05) is 11.3 Å². The molecule has 1 heterocycles. The monoisotopic (exact) mass is 336 g/mol. The smallest absolute Gasteiger partial charge is 0.325 e. The average molecular weight is 336 g/mol. The zero-order chi connectivity index (χ0) is 17.6. The van der Waals surface area contributed by atoms with Crippen LogP contribution in [0.3, 0.4) is 0 Å². The van der Waals surface area contributed by atoms with Gasteiger partial charge in [-0.05, 0) is 38.1 Å². The number of nitrogens with one attached hydrogen (secondary N) is 1. The van der Waals surface area contributed by atoms with Crippen LogP contribution in [0.5, 0.6) is 5.75 Å². The molecule has 0 saturated carbocycles. The largest absolute Gasteiger partial charge is 0.494 e. The first kappa shape index (κ1) is 16.6. The highest BCUT2D eigenvalue weighted by molar-refractivity contribution is 5.93. The Balaban J connectivity index is 1.74. The maximum absolute atomic E-state index is 5.94. The van der Waals surface area contributed by atoms with E-state index < -0.39 is 0 Å². The zero-order valence-corrected chi connectivity index (χ0v) is 14.2. The van der Waals surface area contributed by atoms with Crippen LogP contribution in [0.4, 0.5) is 11.7 Å². The lowest BCUT2D eigenvalue weighted by molar-refractivity contribution is 0.340. The Morgan fingerprint density at radius 3 is 2.56 bits per heavy atom. The van der Waals surface area contributed by atoms with E-state index in [1.807, 2.05) is 68.4 Å². The second kappa shape index (κ2) is 7.53. The molecule has 25 heavy (non-hydrogen) atoms. The quantitative estimate of drug-likeness (QED) is 0.541. The summed E-state index contributed by atoms with van der Waals surface area (Å²) in [4.78, 5) is 8.60. The van der Waals surface area contributed by atoms with E-state index in [0.29, 0.717) is 12.4 Å². The third-order valence-electron chi connectivity index (χ3n) is 3.49. The number of rotatable bonds is 5. The molecule has 6 nitrogen and oxygen atoms in total. The van der Waals surface area contributed by atoms with E-state index in [1.165, 1.54) is 0 Å². The van der Waals surface area contributed by atoms with Gasteiger partial charge in [0.05, 0.1) is 6.61 Å². The summed E-state index contributed by atoms with van der Waals surface area (Å²) >= 11 is 0. The van der Waals surface area contributed by atoms with Gasteiger partial charge >= 0.3 is 6.01 Å². The first-order valence-corrected chi connectivity index (χ1v) is 8.02. The molecular weight excluding hydrogens is 316 g/mol. The molecule has 0 aliphatic carbocycles. The number of aliphatic imine (C=N–C) groups is 1. The van der Waals surface area contributed by atoms with E-state index in [2.05, 4.69) is 15.3 Å². The van der Waals surface area contributed by atoms with Gasteiger partial charge in [0.2, 0.25) is 5.96 Å². The molecule has 0 aliphatic rings. The fourth-order valence-electron chi connectivity index (χ4n) is 2.37. The molecule has 2 aromatic carbocycles. The number of aryl methyl sites for hydroxylation is 1. The van der Waals surface area contributed by atoms with Crippen molar-refractivity contribution in [1.29, 1.82) is 0 Å². The van der Waals surface area contributed by atoms with Crippen LogP contribution in [0.2, 0.25) is 0 Å². The first-order chi connectivity index (χ1) is 12.2. The van der Waals surface area contributed by atoms with Gasteiger partial charge in [0.1, 0.15) is 17.2 Å². The minimum absolute atomic E-state index is 0.199. The van der Waals surface area contributed by atoms with Crippen molar-refractivity contribution in [2.75, 3.05) is 11.9 Å². The van der Waals surface area contributed by atoms with Crippen LogP contribution in [-0.4, -0.2) is 17.6 Å². The molecule has 0 amide bonds. The normalized spacial score (nSPS) is 11.4. The molecule has 3 N–H and O–H groups in total. The van der Waals surface area contributed by atoms with E-state index in [9.17, 15) is 0 Å².